The fraction of sp³-hybridized carbons (Fsp3) is 0.471. The van der Waals surface area contributed by atoms with Crippen LogP contribution in [-0.4, -0.2) is 48.6 Å². The van der Waals surface area contributed by atoms with E-state index in [0.29, 0.717) is 29.4 Å². The Morgan fingerprint density at radius 2 is 1.96 bits per heavy atom. The number of nitrogens with zero attached hydrogens (tertiary/aromatic N) is 3. The van der Waals surface area contributed by atoms with Crippen molar-refractivity contribution in [1.29, 1.82) is 0 Å². The molecule has 8 nitrogen and oxygen atoms in total. The smallest absolute Gasteiger partial charge is 0.324 e. The Hall–Kier alpha value is -2.77. The number of urea groups is 1. The molecule has 0 aromatic heterocycles. The molecule has 0 bridgehead atoms. The van der Waals surface area contributed by atoms with Gasteiger partial charge in [-0.05, 0) is 31.0 Å². The van der Waals surface area contributed by atoms with Crippen LogP contribution in [0, 0.1) is 10.1 Å². The number of benzene rings is 1. The molecule has 1 aromatic rings. The zero-order chi connectivity index (χ0) is 18.7. The fourth-order valence-electron chi connectivity index (χ4n) is 2.84. The summed E-state index contributed by atoms with van der Waals surface area (Å²) in [4.78, 5) is 26.2. The SMILES string of the molecule is CCCOc1ccc([C@H]2C([N+](=O)[O-])=C(C)N(C)C(=O)N2C)cc1OC. The molecular weight excluding hydrogens is 326 g/mol. The van der Waals surface area contributed by atoms with Gasteiger partial charge in [-0.3, -0.25) is 15.0 Å². The van der Waals surface area contributed by atoms with Crippen LogP contribution in [0.4, 0.5) is 4.79 Å². The van der Waals surface area contributed by atoms with Crippen molar-refractivity contribution in [3.63, 3.8) is 0 Å². The maximum atomic E-state index is 12.4. The first-order valence-electron chi connectivity index (χ1n) is 7.99. The number of carbonyl (C=O) groups excluding carboxylic acids is 1. The third kappa shape index (κ3) is 3.38. The van der Waals surface area contributed by atoms with Crippen LogP contribution in [0.5, 0.6) is 11.5 Å². The van der Waals surface area contributed by atoms with Crippen LogP contribution >= 0.6 is 0 Å². The van der Waals surface area contributed by atoms with Gasteiger partial charge in [0.05, 0.1) is 24.3 Å². The second-order valence-electron chi connectivity index (χ2n) is 5.84. The second kappa shape index (κ2) is 7.42. The maximum Gasteiger partial charge on any atom is 0.324 e. The van der Waals surface area contributed by atoms with Crippen LogP contribution in [0.25, 0.3) is 0 Å². The van der Waals surface area contributed by atoms with E-state index in [2.05, 4.69) is 0 Å². The topological polar surface area (TPSA) is 85.2 Å². The van der Waals surface area contributed by atoms with Gasteiger partial charge in [0, 0.05) is 14.1 Å². The lowest BCUT2D eigenvalue weighted by atomic mass is 9.98. The van der Waals surface area contributed by atoms with Crippen LogP contribution in [0.15, 0.2) is 29.6 Å². The van der Waals surface area contributed by atoms with E-state index >= 15 is 0 Å². The molecule has 0 saturated carbocycles. The van der Waals surface area contributed by atoms with Gasteiger partial charge in [0.25, 0.3) is 5.70 Å². The number of nitro groups is 1. The summed E-state index contributed by atoms with van der Waals surface area (Å²) in [5.41, 5.74) is 0.882. The van der Waals surface area contributed by atoms with Crippen LogP contribution in [0.1, 0.15) is 31.9 Å². The number of rotatable bonds is 6. The van der Waals surface area contributed by atoms with Gasteiger partial charge in [0.15, 0.2) is 17.5 Å². The molecule has 0 radical (unpaired) electrons. The van der Waals surface area contributed by atoms with Gasteiger partial charge in [-0.15, -0.1) is 0 Å². The Morgan fingerprint density at radius 1 is 1.28 bits per heavy atom. The van der Waals surface area contributed by atoms with Crippen molar-refractivity contribution in [1.82, 2.24) is 9.80 Å². The summed E-state index contributed by atoms with van der Waals surface area (Å²) in [7, 11) is 4.58. The Bertz CT molecular complexity index is 716. The molecular formula is C17H23N3O5. The number of carbonyl (C=O) groups is 1. The van der Waals surface area contributed by atoms with Gasteiger partial charge in [-0.2, -0.15) is 0 Å². The highest BCUT2D eigenvalue weighted by Gasteiger charge is 2.42. The fourth-order valence-corrected chi connectivity index (χ4v) is 2.84. The van der Waals surface area contributed by atoms with Crippen LogP contribution in [-0.2, 0) is 0 Å². The molecule has 1 aliphatic heterocycles. The number of hydrogen-bond donors (Lipinski definition) is 0. The summed E-state index contributed by atoms with van der Waals surface area (Å²) in [6.45, 7) is 4.12. The van der Waals surface area contributed by atoms with Crippen LogP contribution in [0.3, 0.4) is 0 Å². The van der Waals surface area contributed by atoms with Crippen LogP contribution < -0.4 is 9.47 Å². The molecule has 1 heterocycles. The number of allylic oxidation sites excluding steroid dienone is 1. The summed E-state index contributed by atoms with van der Waals surface area (Å²) in [5.74, 6) is 1.05. The van der Waals surface area contributed by atoms with E-state index in [1.807, 2.05) is 6.92 Å². The van der Waals surface area contributed by atoms with E-state index in [9.17, 15) is 14.9 Å². The largest absolute Gasteiger partial charge is 0.493 e. The summed E-state index contributed by atoms with van der Waals surface area (Å²) in [5, 5.41) is 11.6. The molecule has 1 atom stereocenters. The van der Waals surface area contributed by atoms with Crippen molar-refractivity contribution >= 4 is 6.03 Å². The van der Waals surface area contributed by atoms with E-state index in [4.69, 9.17) is 9.47 Å². The third-order valence-corrected chi connectivity index (χ3v) is 4.27. The molecule has 0 saturated heterocycles. The standard InChI is InChI=1S/C17H23N3O5/c1-6-9-25-13-8-7-12(10-14(13)24-5)16-15(20(22)23)11(2)18(3)17(21)19(16)4/h7-8,10,16H,6,9H2,1-5H3/t16-/m0/s1. The molecule has 2 rings (SSSR count). The van der Waals surface area contributed by atoms with Gasteiger partial charge >= 0.3 is 6.03 Å². The first-order chi connectivity index (χ1) is 11.8. The van der Waals surface area contributed by atoms with E-state index in [0.717, 1.165) is 6.42 Å². The molecule has 25 heavy (non-hydrogen) atoms. The average Bonchev–Trinajstić information content (AvgIpc) is 2.60. The lowest BCUT2D eigenvalue weighted by molar-refractivity contribution is -0.436. The maximum absolute atomic E-state index is 12.4. The minimum Gasteiger partial charge on any atom is -0.493 e. The highest BCUT2D eigenvalue weighted by Crippen LogP contribution is 2.39. The van der Waals surface area contributed by atoms with Crippen molar-refractivity contribution in [2.45, 2.75) is 26.3 Å². The lowest BCUT2D eigenvalue weighted by Crippen LogP contribution is -2.47. The summed E-state index contributed by atoms with van der Waals surface area (Å²) < 4.78 is 11.0. The number of ether oxygens (including phenoxy) is 2. The lowest BCUT2D eigenvalue weighted by Gasteiger charge is -2.36. The molecule has 1 aromatic carbocycles. The second-order valence-corrected chi connectivity index (χ2v) is 5.84. The average molecular weight is 349 g/mol. The Balaban J connectivity index is 2.54. The molecule has 0 spiro atoms. The first-order valence-corrected chi connectivity index (χ1v) is 7.99. The number of likely N-dealkylation sites (N-methyl/N-ethyl adjacent to an activating group) is 1. The predicted molar refractivity (Wildman–Crippen MR) is 92.1 cm³/mol. The van der Waals surface area contributed by atoms with E-state index in [1.54, 1.807) is 32.2 Å². The molecule has 0 fully saturated rings. The molecule has 0 aliphatic carbocycles. The minimum absolute atomic E-state index is 0.0334. The first kappa shape index (κ1) is 18.6. The van der Waals surface area contributed by atoms with Gasteiger partial charge < -0.3 is 14.4 Å². The van der Waals surface area contributed by atoms with Crippen LogP contribution in [0.2, 0.25) is 0 Å². The third-order valence-electron chi connectivity index (χ3n) is 4.27. The summed E-state index contributed by atoms with van der Waals surface area (Å²) >= 11 is 0. The van der Waals surface area contributed by atoms with Crippen molar-refractivity contribution in [2.24, 2.45) is 0 Å². The summed E-state index contributed by atoms with van der Waals surface area (Å²) in [6.07, 6.45) is 0.852. The van der Waals surface area contributed by atoms with Crippen molar-refractivity contribution in [3.05, 3.63) is 45.3 Å². The summed E-state index contributed by atoms with van der Waals surface area (Å²) in [6, 6.07) is 4.02. The number of hydrogen-bond acceptors (Lipinski definition) is 5. The monoisotopic (exact) mass is 349 g/mol. The van der Waals surface area contributed by atoms with E-state index < -0.39 is 11.0 Å². The van der Waals surface area contributed by atoms with Gasteiger partial charge in [0.2, 0.25) is 0 Å². The Morgan fingerprint density at radius 3 is 2.52 bits per heavy atom. The van der Waals surface area contributed by atoms with E-state index in [-0.39, 0.29) is 11.7 Å². The number of amides is 2. The highest BCUT2D eigenvalue weighted by molar-refractivity contribution is 5.78. The predicted octanol–water partition coefficient (Wildman–Crippen LogP) is 3.03. The molecule has 136 valence electrons. The Labute approximate surface area is 146 Å². The molecule has 0 N–H and O–H groups in total. The van der Waals surface area contributed by atoms with Crippen molar-refractivity contribution in [2.75, 3.05) is 27.8 Å². The van der Waals surface area contributed by atoms with Crippen molar-refractivity contribution in [3.8, 4) is 11.5 Å². The van der Waals surface area contributed by atoms with Crippen molar-refractivity contribution < 1.29 is 19.2 Å². The normalized spacial score (nSPS) is 17.8. The van der Waals surface area contributed by atoms with Gasteiger partial charge in [-0.1, -0.05) is 13.0 Å². The van der Waals surface area contributed by atoms with E-state index in [1.165, 1.54) is 24.0 Å². The van der Waals surface area contributed by atoms with Gasteiger partial charge in [-0.25, -0.2) is 4.79 Å². The molecule has 0 unspecified atom stereocenters. The molecule has 8 heteroatoms. The molecule has 1 aliphatic rings. The quantitative estimate of drug-likeness (QED) is 0.582. The number of methoxy groups -OCH3 is 1. The molecule has 2 amide bonds. The highest BCUT2D eigenvalue weighted by atomic mass is 16.6. The zero-order valence-electron chi connectivity index (χ0n) is 15.1. The zero-order valence-corrected chi connectivity index (χ0v) is 15.1. The van der Waals surface area contributed by atoms with Gasteiger partial charge in [0.1, 0.15) is 0 Å². The Kier molecular flexibility index (Phi) is 5.51. The minimum atomic E-state index is -0.798.